The van der Waals surface area contributed by atoms with Gasteiger partial charge in [-0.15, -0.1) is 16.4 Å². The fraction of sp³-hybridized carbons (Fsp3) is 0.294. The number of halogens is 1. The molecule has 1 aromatic carbocycles. The summed E-state index contributed by atoms with van der Waals surface area (Å²) in [6, 6.07) is 7.41. The maximum atomic E-state index is 12.6. The van der Waals surface area contributed by atoms with Gasteiger partial charge in [-0.2, -0.15) is 0 Å². The fourth-order valence-electron chi connectivity index (χ4n) is 3.07. The van der Waals surface area contributed by atoms with Crippen LogP contribution < -0.4 is 5.32 Å². The van der Waals surface area contributed by atoms with Crippen LogP contribution in [-0.2, 0) is 12.8 Å². The monoisotopic (exact) mass is 373 g/mol. The van der Waals surface area contributed by atoms with Gasteiger partial charge in [0.25, 0.3) is 5.91 Å². The number of amides is 1. The van der Waals surface area contributed by atoms with E-state index in [1.165, 1.54) is 10.6 Å². The summed E-state index contributed by atoms with van der Waals surface area (Å²) >= 11 is 7.68. The highest BCUT2D eigenvalue weighted by Gasteiger charge is 2.25. The predicted molar refractivity (Wildman–Crippen MR) is 96.5 cm³/mol. The molecule has 1 atom stereocenters. The number of benzene rings is 1. The Hall–Kier alpha value is -2.25. The average molecular weight is 374 g/mol. The topological polar surface area (TPSA) is 72.7 Å². The smallest absolute Gasteiger partial charge is 0.273 e. The molecule has 0 saturated carbocycles. The molecule has 0 bridgehead atoms. The lowest BCUT2D eigenvalue weighted by Crippen LogP contribution is -2.39. The third-order valence-corrected chi connectivity index (χ3v) is 5.52. The van der Waals surface area contributed by atoms with E-state index in [1.807, 2.05) is 24.6 Å². The molecule has 1 aliphatic carbocycles. The normalized spacial score (nSPS) is 16.5. The number of aryl methyl sites for hydroxylation is 1. The highest BCUT2D eigenvalue weighted by molar-refractivity contribution is 7.09. The summed E-state index contributed by atoms with van der Waals surface area (Å²) < 4.78 is 1.63. The van der Waals surface area contributed by atoms with E-state index in [4.69, 9.17) is 11.6 Å². The number of nitrogens with one attached hydrogen (secondary N) is 1. The van der Waals surface area contributed by atoms with Crippen molar-refractivity contribution in [2.75, 3.05) is 0 Å². The SMILES string of the molecule is Cc1c(C(=O)N[C@H]2CCc3ncsc3C2)nnn1-c1cccc(Cl)c1. The quantitative estimate of drug-likeness (QED) is 0.766. The lowest BCUT2D eigenvalue weighted by molar-refractivity contribution is 0.0928. The van der Waals surface area contributed by atoms with Crippen molar-refractivity contribution in [2.24, 2.45) is 0 Å². The van der Waals surface area contributed by atoms with Crippen LogP contribution in [0.25, 0.3) is 5.69 Å². The fourth-order valence-corrected chi connectivity index (χ4v) is 4.15. The first kappa shape index (κ1) is 16.2. The summed E-state index contributed by atoms with van der Waals surface area (Å²) in [6.07, 6.45) is 2.62. The van der Waals surface area contributed by atoms with Crippen LogP contribution in [-0.4, -0.2) is 31.9 Å². The minimum Gasteiger partial charge on any atom is -0.347 e. The molecule has 0 aliphatic heterocycles. The largest absolute Gasteiger partial charge is 0.347 e. The lowest BCUT2D eigenvalue weighted by atomic mass is 9.97. The number of fused-ring (bicyclic) bond motifs is 1. The molecule has 0 unspecified atom stereocenters. The molecule has 3 aromatic rings. The number of aromatic nitrogens is 4. The Morgan fingerprint density at radius 2 is 2.32 bits per heavy atom. The molecule has 8 heteroatoms. The lowest BCUT2D eigenvalue weighted by Gasteiger charge is -2.22. The zero-order chi connectivity index (χ0) is 17.4. The van der Waals surface area contributed by atoms with Crippen LogP contribution in [0.2, 0.25) is 5.02 Å². The van der Waals surface area contributed by atoms with Crippen LogP contribution in [0.5, 0.6) is 0 Å². The minimum atomic E-state index is -0.191. The van der Waals surface area contributed by atoms with Gasteiger partial charge in [0.1, 0.15) is 0 Å². The molecule has 2 heterocycles. The van der Waals surface area contributed by atoms with E-state index in [0.717, 1.165) is 24.9 Å². The van der Waals surface area contributed by atoms with E-state index in [-0.39, 0.29) is 11.9 Å². The van der Waals surface area contributed by atoms with Crippen LogP contribution >= 0.6 is 22.9 Å². The first-order valence-corrected chi connectivity index (χ1v) is 9.28. The molecule has 0 spiro atoms. The Bertz CT molecular complexity index is 935. The maximum Gasteiger partial charge on any atom is 0.273 e. The van der Waals surface area contributed by atoms with Crippen molar-refractivity contribution in [3.63, 3.8) is 0 Å². The summed E-state index contributed by atoms with van der Waals surface area (Å²) in [5.74, 6) is -0.191. The van der Waals surface area contributed by atoms with Crippen LogP contribution in [0.4, 0.5) is 0 Å². The van der Waals surface area contributed by atoms with Gasteiger partial charge in [-0.1, -0.05) is 22.9 Å². The Morgan fingerprint density at radius 1 is 1.44 bits per heavy atom. The second kappa shape index (κ2) is 6.57. The third-order valence-electron chi connectivity index (χ3n) is 4.38. The molecule has 1 aliphatic rings. The van der Waals surface area contributed by atoms with Crippen molar-refractivity contribution in [1.82, 2.24) is 25.3 Å². The van der Waals surface area contributed by atoms with E-state index >= 15 is 0 Å². The summed E-state index contributed by atoms with van der Waals surface area (Å²) in [5, 5.41) is 11.9. The van der Waals surface area contributed by atoms with Gasteiger partial charge in [-0.25, -0.2) is 9.67 Å². The van der Waals surface area contributed by atoms with Gasteiger partial charge < -0.3 is 5.32 Å². The van der Waals surface area contributed by atoms with Gasteiger partial charge >= 0.3 is 0 Å². The Balaban J connectivity index is 1.52. The van der Waals surface area contributed by atoms with Crippen LogP contribution in [0.3, 0.4) is 0 Å². The van der Waals surface area contributed by atoms with Crippen molar-refractivity contribution < 1.29 is 4.79 Å². The Morgan fingerprint density at radius 3 is 3.16 bits per heavy atom. The Labute approximate surface area is 153 Å². The summed E-state index contributed by atoms with van der Waals surface area (Å²) in [5.41, 5.74) is 4.85. The number of thiazole rings is 1. The second-order valence-corrected chi connectivity index (χ2v) is 7.43. The summed E-state index contributed by atoms with van der Waals surface area (Å²) in [6.45, 7) is 1.83. The highest BCUT2D eigenvalue weighted by Crippen LogP contribution is 2.24. The van der Waals surface area contributed by atoms with Gasteiger partial charge in [0, 0.05) is 22.4 Å². The molecule has 4 rings (SSSR count). The van der Waals surface area contributed by atoms with Crippen molar-refractivity contribution in [3.8, 4) is 5.69 Å². The summed E-state index contributed by atoms with van der Waals surface area (Å²) in [4.78, 5) is 18.2. The summed E-state index contributed by atoms with van der Waals surface area (Å²) in [7, 11) is 0. The minimum absolute atomic E-state index is 0.108. The Kier molecular flexibility index (Phi) is 4.27. The third kappa shape index (κ3) is 3.17. The van der Waals surface area contributed by atoms with Gasteiger partial charge in [0.15, 0.2) is 5.69 Å². The number of carbonyl (C=O) groups is 1. The standard InChI is InChI=1S/C17H16ClN5OS/c1-10-16(21-22-23(10)13-4-2-3-11(18)7-13)17(24)20-12-5-6-14-15(8-12)25-9-19-14/h2-4,7,9,12H,5-6,8H2,1H3,(H,20,24)/t12-/m0/s1. The number of nitrogens with zero attached hydrogens (tertiary/aromatic N) is 4. The molecule has 1 amide bonds. The van der Waals surface area contributed by atoms with E-state index in [0.29, 0.717) is 16.4 Å². The van der Waals surface area contributed by atoms with Crippen LogP contribution in [0.1, 0.15) is 33.2 Å². The number of hydrogen-bond donors (Lipinski definition) is 1. The molecular weight excluding hydrogens is 358 g/mol. The van der Waals surface area contributed by atoms with Crippen LogP contribution in [0.15, 0.2) is 29.8 Å². The molecule has 0 fully saturated rings. The number of hydrogen-bond acceptors (Lipinski definition) is 5. The van der Waals surface area contributed by atoms with Gasteiger partial charge in [0.2, 0.25) is 0 Å². The maximum absolute atomic E-state index is 12.6. The molecule has 0 radical (unpaired) electrons. The first-order chi connectivity index (χ1) is 12.1. The zero-order valence-corrected chi connectivity index (χ0v) is 15.1. The predicted octanol–water partition coefficient (Wildman–Crippen LogP) is 2.97. The molecule has 6 nitrogen and oxygen atoms in total. The molecular formula is C17H16ClN5OS. The van der Waals surface area contributed by atoms with E-state index in [9.17, 15) is 4.79 Å². The van der Waals surface area contributed by atoms with E-state index in [1.54, 1.807) is 28.2 Å². The second-order valence-electron chi connectivity index (χ2n) is 6.05. The molecule has 128 valence electrons. The zero-order valence-electron chi connectivity index (χ0n) is 13.6. The molecule has 0 saturated heterocycles. The van der Waals surface area contributed by atoms with Gasteiger partial charge in [-0.3, -0.25) is 4.79 Å². The average Bonchev–Trinajstić information content (AvgIpc) is 3.20. The highest BCUT2D eigenvalue weighted by atomic mass is 35.5. The molecule has 2 aromatic heterocycles. The molecule has 25 heavy (non-hydrogen) atoms. The molecule has 1 N–H and O–H groups in total. The van der Waals surface area contributed by atoms with Crippen LogP contribution in [0, 0.1) is 6.92 Å². The van der Waals surface area contributed by atoms with Crippen molar-refractivity contribution in [3.05, 3.63) is 56.8 Å². The number of rotatable bonds is 3. The van der Waals surface area contributed by atoms with Crippen molar-refractivity contribution in [2.45, 2.75) is 32.2 Å². The number of carbonyl (C=O) groups excluding carboxylic acids is 1. The first-order valence-electron chi connectivity index (χ1n) is 8.02. The van der Waals surface area contributed by atoms with Gasteiger partial charge in [0.05, 0.1) is 22.6 Å². The van der Waals surface area contributed by atoms with E-state index in [2.05, 4.69) is 20.6 Å². The van der Waals surface area contributed by atoms with E-state index < -0.39 is 0 Å². The van der Waals surface area contributed by atoms with Crippen molar-refractivity contribution >= 4 is 28.8 Å². The van der Waals surface area contributed by atoms with Gasteiger partial charge in [-0.05, 0) is 38.0 Å². The van der Waals surface area contributed by atoms with Crippen molar-refractivity contribution in [1.29, 1.82) is 0 Å².